The lowest BCUT2D eigenvalue weighted by Gasteiger charge is -2.09. The second kappa shape index (κ2) is 5.13. The zero-order valence-electron chi connectivity index (χ0n) is 11.8. The van der Waals surface area contributed by atoms with Gasteiger partial charge in [0, 0.05) is 23.8 Å². The van der Waals surface area contributed by atoms with Gasteiger partial charge in [0.15, 0.2) is 0 Å². The van der Waals surface area contributed by atoms with Crippen LogP contribution < -0.4 is 5.56 Å². The molecular weight excluding hydrogens is 272 g/mol. The maximum atomic E-state index is 12.5. The second-order valence-electron chi connectivity index (χ2n) is 5.55. The third-order valence-electron chi connectivity index (χ3n) is 4.31. The van der Waals surface area contributed by atoms with E-state index in [1.54, 1.807) is 22.2 Å². The summed E-state index contributed by atoms with van der Waals surface area (Å²) in [6.07, 6.45) is 5.06. The van der Waals surface area contributed by atoms with Crippen LogP contribution in [0.4, 0.5) is 0 Å². The lowest BCUT2D eigenvalue weighted by molar-refractivity contribution is -0.120. The number of fused-ring (bicyclic) bond motifs is 1. The molecule has 0 spiro atoms. The molecule has 1 atom stereocenters. The minimum Gasteiger partial charge on any atom is -0.299 e. The maximum Gasteiger partial charge on any atom is 0.262 e. The Morgan fingerprint density at radius 1 is 1.40 bits per heavy atom. The number of hydrogen-bond donors (Lipinski definition) is 0. The van der Waals surface area contributed by atoms with E-state index in [0.717, 1.165) is 39.9 Å². The average Bonchev–Trinajstić information content (AvgIpc) is 2.94. The fraction of sp³-hybridized carbons (Fsp3) is 0.533. The summed E-state index contributed by atoms with van der Waals surface area (Å²) in [5, 5.41) is 0.743. The van der Waals surface area contributed by atoms with Crippen LogP contribution in [0.1, 0.15) is 36.1 Å². The van der Waals surface area contributed by atoms with Crippen molar-refractivity contribution in [1.29, 1.82) is 0 Å². The highest BCUT2D eigenvalue weighted by Gasteiger charge is 2.24. The Kier molecular flexibility index (Phi) is 3.46. The number of Topliss-reactive ketones (excluding diaryl/α,β-unsaturated/α-hetero) is 1. The van der Waals surface area contributed by atoms with E-state index in [1.165, 1.54) is 0 Å². The SMILES string of the molecule is Cc1sc2ncn(CCC3CCCC3=O)c(=O)c2c1C. The maximum absolute atomic E-state index is 12.5. The molecule has 5 heteroatoms. The first-order chi connectivity index (χ1) is 9.58. The molecule has 0 N–H and O–H groups in total. The van der Waals surface area contributed by atoms with Gasteiger partial charge in [0.25, 0.3) is 5.56 Å². The zero-order chi connectivity index (χ0) is 14.3. The van der Waals surface area contributed by atoms with E-state index < -0.39 is 0 Å². The highest BCUT2D eigenvalue weighted by atomic mass is 32.1. The standard InChI is InChI=1S/C15H18N2O2S/c1-9-10(2)20-14-13(9)15(19)17(8-16-14)7-6-11-4-3-5-12(11)18/h8,11H,3-7H2,1-2H3. The highest BCUT2D eigenvalue weighted by molar-refractivity contribution is 7.18. The molecular formula is C15H18N2O2S. The van der Waals surface area contributed by atoms with E-state index in [-0.39, 0.29) is 11.5 Å². The van der Waals surface area contributed by atoms with Crippen LogP contribution in [-0.4, -0.2) is 15.3 Å². The molecule has 1 aliphatic carbocycles. The summed E-state index contributed by atoms with van der Waals surface area (Å²) in [4.78, 5) is 30.5. The van der Waals surface area contributed by atoms with Crippen LogP contribution in [0.25, 0.3) is 10.2 Å². The number of nitrogens with zero attached hydrogens (tertiary/aromatic N) is 2. The summed E-state index contributed by atoms with van der Waals surface area (Å²) >= 11 is 1.57. The average molecular weight is 290 g/mol. The fourth-order valence-electron chi connectivity index (χ4n) is 2.92. The number of rotatable bonds is 3. The highest BCUT2D eigenvalue weighted by Crippen LogP contribution is 2.26. The number of thiophene rings is 1. The fourth-order valence-corrected chi connectivity index (χ4v) is 3.90. The molecule has 0 bridgehead atoms. The first kappa shape index (κ1) is 13.5. The molecule has 0 saturated heterocycles. The predicted molar refractivity (Wildman–Crippen MR) is 80.3 cm³/mol. The molecule has 1 saturated carbocycles. The molecule has 1 fully saturated rings. The van der Waals surface area contributed by atoms with E-state index >= 15 is 0 Å². The minimum absolute atomic E-state index is 0.0299. The van der Waals surface area contributed by atoms with Crippen LogP contribution in [0.2, 0.25) is 0 Å². The van der Waals surface area contributed by atoms with Gasteiger partial charge in [0.2, 0.25) is 0 Å². The molecule has 0 aromatic carbocycles. The molecule has 2 aromatic rings. The summed E-state index contributed by atoms with van der Waals surface area (Å²) in [5.74, 6) is 0.498. The van der Waals surface area contributed by atoms with Gasteiger partial charge in [-0.1, -0.05) is 0 Å². The molecule has 2 aromatic heterocycles. The number of carbonyl (C=O) groups excluding carboxylic acids is 1. The number of aryl methyl sites for hydroxylation is 3. The summed E-state index contributed by atoms with van der Waals surface area (Å²) in [6.45, 7) is 4.58. The molecule has 0 aliphatic heterocycles. The molecule has 3 rings (SSSR count). The zero-order valence-corrected chi connectivity index (χ0v) is 12.6. The van der Waals surface area contributed by atoms with Gasteiger partial charge in [-0.05, 0) is 38.7 Å². The van der Waals surface area contributed by atoms with Crippen molar-refractivity contribution in [3.63, 3.8) is 0 Å². The smallest absolute Gasteiger partial charge is 0.262 e. The van der Waals surface area contributed by atoms with Crippen molar-refractivity contribution >= 4 is 27.3 Å². The first-order valence-electron chi connectivity index (χ1n) is 7.06. The number of carbonyl (C=O) groups is 1. The third-order valence-corrected chi connectivity index (χ3v) is 5.42. The van der Waals surface area contributed by atoms with Gasteiger partial charge in [-0.3, -0.25) is 14.2 Å². The van der Waals surface area contributed by atoms with E-state index in [1.807, 2.05) is 13.8 Å². The molecule has 20 heavy (non-hydrogen) atoms. The van der Waals surface area contributed by atoms with Crippen molar-refractivity contribution in [3.05, 3.63) is 27.1 Å². The van der Waals surface area contributed by atoms with E-state index in [2.05, 4.69) is 4.98 Å². The van der Waals surface area contributed by atoms with E-state index in [4.69, 9.17) is 0 Å². The Morgan fingerprint density at radius 3 is 2.90 bits per heavy atom. The molecule has 0 amide bonds. The Balaban J connectivity index is 1.88. The Labute approximate surface area is 121 Å². The number of ketones is 1. The summed E-state index contributed by atoms with van der Waals surface area (Å²) in [5.41, 5.74) is 1.07. The van der Waals surface area contributed by atoms with Crippen LogP contribution in [0.3, 0.4) is 0 Å². The monoisotopic (exact) mass is 290 g/mol. The quantitative estimate of drug-likeness (QED) is 0.873. The van der Waals surface area contributed by atoms with Crippen LogP contribution in [-0.2, 0) is 11.3 Å². The van der Waals surface area contributed by atoms with Crippen molar-refractivity contribution in [3.8, 4) is 0 Å². The molecule has 2 heterocycles. The van der Waals surface area contributed by atoms with Crippen LogP contribution in [0.5, 0.6) is 0 Å². The Hall–Kier alpha value is -1.49. The lowest BCUT2D eigenvalue weighted by Crippen LogP contribution is -2.22. The van der Waals surface area contributed by atoms with Crippen molar-refractivity contribution in [2.75, 3.05) is 0 Å². The van der Waals surface area contributed by atoms with Gasteiger partial charge >= 0.3 is 0 Å². The third kappa shape index (κ3) is 2.20. The minimum atomic E-state index is 0.0299. The van der Waals surface area contributed by atoms with Gasteiger partial charge in [-0.25, -0.2) is 4.98 Å². The summed E-state index contributed by atoms with van der Waals surface area (Å²) in [7, 11) is 0. The first-order valence-corrected chi connectivity index (χ1v) is 7.87. The van der Waals surface area contributed by atoms with Crippen molar-refractivity contribution in [2.45, 2.75) is 46.1 Å². The molecule has 106 valence electrons. The molecule has 4 nitrogen and oxygen atoms in total. The van der Waals surface area contributed by atoms with Gasteiger partial charge in [-0.2, -0.15) is 0 Å². The summed E-state index contributed by atoms with van der Waals surface area (Å²) < 4.78 is 1.66. The van der Waals surface area contributed by atoms with Gasteiger partial charge in [0.05, 0.1) is 11.7 Å². The molecule has 1 aliphatic rings. The lowest BCUT2D eigenvalue weighted by atomic mass is 10.0. The Bertz CT molecular complexity index is 729. The van der Waals surface area contributed by atoms with Crippen LogP contribution in [0.15, 0.2) is 11.1 Å². The number of hydrogen-bond acceptors (Lipinski definition) is 4. The Morgan fingerprint density at radius 2 is 2.20 bits per heavy atom. The number of aromatic nitrogens is 2. The summed E-state index contributed by atoms with van der Waals surface area (Å²) in [6, 6.07) is 0. The van der Waals surface area contributed by atoms with Gasteiger partial charge < -0.3 is 0 Å². The normalized spacial score (nSPS) is 19.1. The van der Waals surface area contributed by atoms with Crippen molar-refractivity contribution < 1.29 is 4.79 Å². The van der Waals surface area contributed by atoms with Crippen molar-refractivity contribution in [2.24, 2.45) is 5.92 Å². The van der Waals surface area contributed by atoms with E-state index in [0.29, 0.717) is 18.7 Å². The largest absolute Gasteiger partial charge is 0.299 e. The van der Waals surface area contributed by atoms with E-state index in [9.17, 15) is 9.59 Å². The van der Waals surface area contributed by atoms with Crippen molar-refractivity contribution in [1.82, 2.24) is 9.55 Å². The van der Waals surface area contributed by atoms with Crippen LogP contribution in [0, 0.1) is 19.8 Å². The molecule has 1 unspecified atom stereocenters. The molecule has 0 radical (unpaired) electrons. The topological polar surface area (TPSA) is 52.0 Å². The van der Waals surface area contributed by atoms with Gasteiger partial charge in [0.1, 0.15) is 10.6 Å². The van der Waals surface area contributed by atoms with Crippen LogP contribution >= 0.6 is 11.3 Å². The second-order valence-corrected chi connectivity index (χ2v) is 6.75. The van der Waals surface area contributed by atoms with Gasteiger partial charge in [-0.15, -0.1) is 11.3 Å². The predicted octanol–water partition coefficient (Wildman–Crippen LogP) is 2.83.